The van der Waals surface area contributed by atoms with Gasteiger partial charge >= 0.3 is 11.9 Å². The predicted molar refractivity (Wildman–Crippen MR) is 142 cm³/mol. The van der Waals surface area contributed by atoms with Gasteiger partial charge in [-0.25, -0.2) is 0 Å². The fourth-order valence-corrected chi connectivity index (χ4v) is 4.10. The lowest BCUT2D eigenvalue weighted by Gasteiger charge is -2.42. The summed E-state index contributed by atoms with van der Waals surface area (Å²) in [7, 11) is 0. The third-order valence-electron chi connectivity index (χ3n) is 5.09. The SMILES string of the molecule is CC(C)COC(=O)C(C(C(=O)OCC(C)C)N(CC(C)C)CC(C)C)N(CC(C)C)CC(C)C. The van der Waals surface area contributed by atoms with E-state index in [1.807, 2.05) is 27.7 Å². The molecule has 202 valence electrons. The maximum atomic E-state index is 13.7. The van der Waals surface area contributed by atoms with Crippen LogP contribution in [0.3, 0.4) is 0 Å². The van der Waals surface area contributed by atoms with Crippen molar-refractivity contribution in [1.29, 1.82) is 0 Å². The van der Waals surface area contributed by atoms with Crippen LogP contribution < -0.4 is 0 Å². The Morgan fingerprint density at radius 3 is 0.882 bits per heavy atom. The van der Waals surface area contributed by atoms with E-state index in [0.717, 1.165) is 0 Å². The molecule has 0 aromatic carbocycles. The van der Waals surface area contributed by atoms with Gasteiger partial charge in [0, 0.05) is 26.2 Å². The van der Waals surface area contributed by atoms with Crippen LogP contribution in [0, 0.1) is 35.5 Å². The van der Waals surface area contributed by atoms with Crippen molar-refractivity contribution in [3.63, 3.8) is 0 Å². The van der Waals surface area contributed by atoms with Crippen molar-refractivity contribution < 1.29 is 19.1 Å². The molecule has 0 aromatic rings. The molecule has 0 aliphatic rings. The Hall–Kier alpha value is -1.14. The topological polar surface area (TPSA) is 59.1 Å². The monoisotopic (exact) mass is 484 g/mol. The van der Waals surface area contributed by atoms with Gasteiger partial charge in [0.2, 0.25) is 0 Å². The van der Waals surface area contributed by atoms with Crippen LogP contribution >= 0.6 is 0 Å². The molecule has 34 heavy (non-hydrogen) atoms. The summed E-state index contributed by atoms with van der Waals surface area (Å²) in [5, 5.41) is 0. The van der Waals surface area contributed by atoms with Crippen LogP contribution in [-0.4, -0.2) is 73.2 Å². The van der Waals surface area contributed by atoms with E-state index in [1.54, 1.807) is 0 Å². The van der Waals surface area contributed by atoms with E-state index in [4.69, 9.17) is 9.47 Å². The Morgan fingerprint density at radius 1 is 0.471 bits per heavy atom. The van der Waals surface area contributed by atoms with Gasteiger partial charge in [-0.05, 0) is 35.5 Å². The molecule has 6 heteroatoms. The molecule has 0 aliphatic carbocycles. The van der Waals surface area contributed by atoms with Crippen LogP contribution in [0.15, 0.2) is 0 Å². The Balaban J connectivity index is 6.62. The zero-order chi connectivity index (χ0) is 26.6. The van der Waals surface area contributed by atoms with Crippen LogP contribution in [0.25, 0.3) is 0 Å². The number of carbonyl (C=O) groups excluding carboxylic acids is 2. The van der Waals surface area contributed by atoms with E-state index in [2.05, 4.69) is 65.2 Å². The molecule has 0 aromatic heterocycles. The highest BCUT2D eigenvalue weighted by Crippen LogP contribution is 2.22. The van der Waals surface area contributed by atoms with E-state index in [0.29, 0.717) is 63.1 Å². The predicted octanol–water partition coefficient (Wildman–Crippen LogP) is 5.35. The van der Waals surface area contributed by atoms with Crippen molar-refractivity contribution in [2.75, 3.05) is 39.4 Å². The molecule has 0 saturated heterocycles. The average molecular weight is 485 g/mol. The summed E-state index contributed by atoms with van der Waals surface area (Å²) in [6, 6.07) is -1.42. The highest BCUT2D eigenvalue weighted by Gasteiger charge is 2.44. The first-order valence-corrected chi connectivity index (χ1v) is 13.5. The Labute approximate surface area is 211 Å². The standard InChI is InChI=1S/C28H56N2O4/c1-19(2)13-29(14-20(3)4)25(27(31)33-17-23(9)10)26(28(32)34-18-24(11)12)30(15-21(5)6)16-22(7)8/h19-26H,13-18H2,1-12H3. The van der Waals surface area contributed by atoms with Crippen molar-refractivity contribution in [3.05, 3.63) is 0 Å². The third-order valence-corrected chi connectivity index (χ3v) is 5.09. The van der Waals surface area contributed by atoms with Crippen molar-refractivity contribution in [3.8, 4) is 0 Å². The summed E-state index contributed by atoms with van der Waals surface area (Å²) in [6.07, 6.45) is 0. The minimum atomic E-state index is -0.708. The zero-order valence-corrected chi connectivity index (χ0v) is 24.4. The maximum Gasteiger partial charge on any atom is 0.325 e. The molecule has 2 atom stereocenters. The summed E-state index contributed by atoms with van der Waals surface area (Å²) in [5.74, 6) is 1.18. The number of carbonyl (C=O) groups is 2. The molecule has 0 spiro atoms. The molecule has 0 amide bonds. The number of hydrogen-bond acceptors (Lipinski definition) is 6. The molecular weight excluding hydrogens is 428 g/mol. The fourth-order valence-electron chi connectivity index (χ4n) is 4.10. The Bertz CT molecular complexity index is 503. The number of hydrogen-bond donors (Lipinski definition) is 0. The first-order valence-electron chi connectivity index (χ1n) is 13.5. The average Bonchev–Trinajstić information content (AvgIpc) is 2.65. The molecule has 0 radical (unpaired) electrons. The number of rotatable bonds is 17. The normalized spacial score (nSPS) is 14.4. The van der Waals surface area contributed by atoms with Gasteiger partial charge in [-0.3, -0.25) is 19.4 Å². The Morgan fingerprint density at radius 2 is 0.706 bits per heavy atom. The summed E-state index contributed by atoms with van der Waals surface area (Å²) in [6.45, 7) is 28.8. The molecule has 0 bridgehead atoms. The molecule has 0 saturated carbocycles. The molecule has 0 heterocycles. The highest BCUT2D eigenvalue weighted by molar-refractivity contribution is 5.87. The molecule has 0 rings (SSSR count). The van der Waals surface area contributed by atoms with Crippen molar-refractivity contribution >= 4 is 11.9 Å². The van der Waals surface area contributed by atoms with Crippen molar-refractivity contribution in [2.45, 2.75) is 95.2 Å². The van der Waals surface area contributed by atoms with E-state index in [1.165, 1.54) is 0 Å². The van der Waals surface area contributed by atoms with Gasteiger partial charge in [-0.15, -0.1) is 0 Å². The first-order chi connectivity index (χ1) is 15.6. The lowest BCUT2D eigenvalue weighted by Crippen LogP contribution is -2.62. The molecule has 0 aliphatic heterocycles. The number of nitrogens with zero attached hydrogens (tertiary/aromatic N) is 2. The molecule has 0 fully saturated rings. The van der Waals surface area contributed by atoms with E-state index >= 15 is 0 Å². The lowest BCUT2D eigenvalue weighted by molar-refractivity contribution is -0.166. The Kier molecular flexibility index (Phi) is 16.0. The fraction of sp³-hybridized carbons (Fsp3) is 0.929. The lowest BCUT2D eigenvalue weighted by atomic mass is 9.98. The second kappa shape index (κ2) is 16.5. The minimum Gasteiger partial charge on any atom is -0.464 e. The van der Waals surface area contributed by atoms with Crippen LogP contribution in [0.5, 0.6) is 0 Å². The van der Waals surface area contributed by atoms with Gasteiger partial charge in [0.25, 0.3) is 0 Å². The first kappa shape index (κ1) is 32.9. The van der Waals surface area contributed by atoms with Gasteiger partial charge in [-0.2, -0.15) is 0 Å². The molecular formula is C28H56N2O4. The maximum absolute atomic E-state index is 13.7. The molecule has 2 unspecified atom stereocenters. The number of esters is 2. The van der Waals surface area contributed by atoms with Crippen LogP contribution in [0.4, 0.5) is 0 Å². The highest BCUT2D eigenvalue weighted by atomic mass is 16.5. The van der Waals surface area contributed by atoms with Crippen molar-refractivity contribution in [2.24, 2.45) is 35.5 Å². The summed E-state index contributed by atoms with van der Waals surface area (Å²) >= 11 is 0. The smallest absolute Gasteiger partial charge is 0.325 e. The summed E-state index contributed by atoms with van der Waals surface area (Å²) < 4.78 is 11.6. The van der Waals surface area contributed by atoms with Gasteiger partial charge < -0.3 is 9.47 Å². The zero-order valence-electron chi connectivity index (χ0n) is 24.4. The molecule has 6 nitrogen and oxygen atoms in total. The quantitative estimate of drug-likeness (QED) is 0.259. The van der Waals surface area contributed by atoms with Gasteiger partial charge in [0.15, 0.2) is 0 Å². The van der Waals surface area contributed by atoms with E-state index < -0.39 is 12.1 Å². The largest absolute Gasteiger partial charge is 0.464 e. The van der Waals surface area contributed by atoms with Gasteiger partial charge in [0.1, 0.15) is 12.1 Å². The van der Waals surface area contributed by atoms with Crippen LogP contribution in [-0.2, 0) is 19.1 Å². The van der Waals surface area contributed by atoms with Gasteiger partial charge in [0.05, 0.1) is 13.2 Å². The third kappa shape index (κ3) is 13.7. The van der Waals surface area contributed by atoms with E-state index in [9.17, 15) is 9.59 Å². The van der Waals surface area contributed by atoms with Crippen molar-refractivity contribution in [1.82, 2.24) is 9.80 Å². The van der Waals surface area contributed by atoms with Crippen LogP contribution in [0.2, 0.25) is 0 Å². The van der Waals surface area contributed by atoms with E-state index in [-0.39, 0.29) is 23.8 Å². The minimum absolute atomic E-state index is 0.224. The second-order valence-electron chi connectivity index (χ2n) is 12.4. The summed E-state index contributed by atoms with van der Waals surface area (Å²) in [5.41, 5.74) is 0. The van der Waals surface area contributed by atoms with Gasteiger partial charge in [-0.1, -0.05) is 83.1 Å². The number of ether oxygens (including phenoxy) is 2. The molecule has 0 N–H and O–H groups in total. The van der Waals surface area contributed by atoms with Crippen LogP contribution in [0.1, 0.15) is 83.1 Å². The summed E-state index contributed by atoms with van der Waals surface area (Å²) in [4.78, 5) is 31.8. The second-order valence-corrected chi connectivity index (χ2v) is 12.4.